The van der Waals surface area contributed by atoms with E-state index in [9.17, 15) is 0 Å². The van der Waals surface area contributed by atoms with Gasteiger partial charge in [-0.3, -0.25) is 0 Å². The Balaban J connectivity index is 1.92. The van der Waals surface area contributed by atoms with Crippen LogP contribution in [0.15, 0.2) is 22.0 Å². The van der Waals surface area contributed by atoms with Crippen LogP contribution in [0.2, 0.25) is 0 Å². The number of nitrogens with zero attached hydrogens (tertiary/aromatic N) is 2. The summed E-state index contributed by atoms with van der Waals surface area (Å²) in [6.07, 6.45) is 0.747. The standard InChI is InChI=1S/C12H17N3OS/c1-12(2,3)13-8-11-14-10(15-16-11)7-9-5-4-6-17-9/h4-6,13H,7-8H2,1-3H3. The van der Waals surface area contributed by atoms with Gasteiger partial charge in [0.2, 0.25) is 5.89 Å². The minimum Gasteiger partial charge on any atom is -0.338 e. The molecule has 0 radical (unpaired) electrons. The summed E-state index contributed by atoms with van der Waals surface area (Å²) in [5.41, 5.74) is 0.0579. The predicted molar refractivity (Wildman–Crippen MR) is 68.0 cm³/mol. The quantitative estimate of drug-likeness (QED) is 0.907. The molecule has 2 heterocycles. The first kappa shape index (κ1) is 12.3. The molecule has 0 saturated heterocycles. The van der Waals surface area contributed by atoms with Crippen molar-refractivity contribution >= 4 is 11.3 Å². The molecule has 2 rings (SSSR count). The maximum absolute atomic E-state index is 5.19. The molecule has 0 fully saturated rings. The van der Waals surface area contributed by atoms with E-state index in [4.69, 9.17) is 4.52 Å². The fraction of sp³-hybridized carbons (Fsp3) is 0.500. The summed E-state index contributed by atoms with van der Waals surface area (Å²) in [5.74, 6) is 1.39. The zero-order valence-corrected chi connectivity index (χ0v) is 11.2. The normalized spacial score (nSPS) is 11.9. The van der Waals surface area contributed by atoms with Crippen molar-refractivity contribution in [1.82, 2.24) is 15.5 Å². The Labute approximate surface area is 105 Å². The highest BCUT2D eigenvalue weighted by molar-refractivity contribution is 7.09. The summed E-state index contributed by atoms with van der Waals surface area (Å²) in [4.78, 5) is 5.61. The van der Waals surface area contributed by atoms with E-state index in [0.717, 1.165) is 12.2 Å². The van der Waals surface area contributed by atoms with Crippen LogP contribution < -0.4 is 5.32 Å². The first-order chi connectivity index (χ1) is 8.03. The molecule has 0 atom stereocenters. The van der Waals surface area contributed by atoms with E-state index in [1.807, 2.05) is 6.07 Å². The van der Waals surface area contributed by atoms with E-state index in [2.05, 4.69) is 47.7 Å². The lowest BCUT2D eigenvalue weighted by Gasteiger charge is -2.18. The summed E-state index contributed by atoms with van der Waals surface area (Å²) in [7, 11) is 0. The Morgan fingerprint density at radius 2 is 2.24 bits per heavy atom. The third kappa shape index (κ3) is 3.94. The summed E-state index contributed by atoms with van der Waals surface area (Å²) in [6, 6.07) is 4.11. The van der Waals surface area contributed by atoms with Gasteiger partial charge in [-0.05, 0) is 32.2 Å². The van der Waals surface area contributed by atoms with E-state index >= 15 is 0 Å². The second kappa shape index (κ2) is 4.98. The number of nitrogens with one attached hydrogen (secondary N) is 1. The van der Waals surface area contributed by atoms with Gasteiger partial charge in [-0.2, -0.15) is 4.98 Å². The Kier molecular flexibility index (Phi) is 3.59. The number of aromatic nitrogens is 2. The van der Waals surface area contributed by atoms with Crippen molar-refractivity contribution in [3.8, 4) is 0 Å². The summed E-state index contributed by atoms with van der Waals surface area (Å²) >= 11 is 1.71. The van der Waals surface area contributed by atoms with Crippen LogP contribution in [0.4, 0.5) is 0 Å². The van der Waals surface area contributed by atoms with Crippen molar-refractivity contribution in [2.75, 3.05) is 0 Å². The van der Waals surface area contributed by atoms with Crippen molar-refractivity contribution in [2.24, 2.45) is 0 Å². The van der Waals surface area contributed by atoms with Gasteiger partial charge in [-0.1, -0.05) is 11.2 Å². The molecule has 0 aliphatic rings. The van der Waals surface area contributed by atoms with Crippen LogP contribution in [0.1, 0.15) is 37.4 Å². The van der Waals surface area contributed by atoms with Crippen LogP contribution in [0.5, 0.6) is 0 Å². The molecule has 0 saturated carbocycles. The zero-order valence-electron chi connectivity index (χ0n) is 10.4. The van der Waals surface area contributed by atoms with Gasteiger partial charge >= 0.3 is 0 Å². The SMILES string of the molecule is CC(C)(C)NCc1nc(Cc2cccs2)no1. The zero-order chi connectivity index (χ0) is 12.3. The maximum Gasteiger partial charge on any atom is 0.240 e. The van der Waals surface area contributed by atoms with Crippen molar-refractivity contribution in [1.29, 1.82) is 0 Å². The third-order valence-corrected chi connectivity index (χ3v) is 3.07. The minimum absolute atomic E-state index is 0.0579. The van der Waals surface area contributed by atoms with Crippen LogP contribution in [0.25, 0.3) is 0 Å². The molecular formula is C12H17N3OS. The van der Waals surface area contributed by atoms with Crippen molar-refractivity contribution in [3.05, 3.63) is 34.1 Å². The number of hydrogen-bond donors (Lipinski definition) is 1. The van der Waals surface area contributed by atoms with Crippen molar-refractivity contribution < 1.29 is 4.52 Å². The van der Waals surface area contributed by atoms with Gasteiger partial charge in [0.1, 0.15) is 0 Å². The number of hydrogen-bond acceptors (Lipinski definition) is 5. The maximum atomic E-state index is 5.19. The van der Waals surface area contributed by atoms with Gasteiger partial charge in [0, 0.05) is 16.8 Å². The van der Waals surface area contributed by atoms with Crippen LogP contribution in [0, 0.1) is 0 Å². The van der Waals surface area contributed by atoms with Gasteiger partial charge in [-0.25, -0.2) is 0 Å². The smallest absolute Gasteiger partial charge is 0.240 e. The largest absolute Gasteiger partial charge is 0.338 e. The Morgan fingerprint density at radius 1 is 1.41 bits per heavy atom. The second-order valence-electron chi connectivity index (χ2n) is 4.96. The lowest BCUT2D eigenvalue weighted by Crippen LogP contribution is -2.35. The summed E-state index contributed by atoms with van der Waals surface area (Å²) in [5, 5.41) is 9.34. The first-order valence-corrected chi connectivity index (χ1v) is 6.50. The van der Waals surface area contributed by atoms with Gasteiger partial charge in [0.05, 0.1) is 6.54 Å². The van der Waals surface area contributed by atoms with Crippen LogP contribution in [0.3, 0.4) is 0 Å². The molecule has 5 heteroatoms. The minimum atomic E-state index is 0.0579. The highest BCUT2D eigenvalue weighted by Gasteiger charge is 2.12. The number of thiophene rings is 1. The van der Waals surface area contributed by atoms with E-state index in [-0.39, 0.29) is 5.54 Å². The average Bonchev–Trinajstić information content (AvgIpc) is 2.86. The van der Waals surface area contributed by atoms with Gasteiger partial charge < -0.3 is 9.84 Å². The molecule has 2 aromatic heterocycles. The fourth-order valence-corrected chi connectivity index (χ4v) is 2.05. The topological polar surface area (TPSA) is 51.0 Å². The highest BCUT2D eigenvalue weighted by atomic mass is 32.1. The Hall–Kier alpha value is -1.20. The molecular weight excluding hydrogens is 234 g/mol. The highest BCUT2D eigenvalue weighted by Crippen LogP contribution is 2.13. The molecule has 0 aromatic carbocycles. The fourth-order valence-electron chi connectivity index (χ4n) is 1.34. The van der Waals surface area contributed by atoms with Crippen molar-refractivity contribution in [2.45, 2.75) is 39.3 Å². The van der Waals surface area contributed by atoms with Gasteiger partial charge in [0.25, 0.3) is 0 Å². The molecule has 0 spiro atoms. The van der Waals surface area contributed by atoms with Crippen LogP contribution in [-0.4, -0.2) is 15.7 Å². The van der Waals surface area contributed by atoms with E-state index < -0.39 is 0 Å². The molecule has 2 aromatic rings. The summed E-state index contributed by atoms with van der Waals surface area (Å²) in [6.45, 7) is 6.93. The van der Waals surface area contributed by atoms with Crippen molar-refractivity contribution in [3.63, 3.8) is 0 Å². The van der Waals surface area contributed by atoms with Gasteiger partial charge in [0.15, 0.2) is 5.82 Å². The number of rotatable bonds is 4. The second-order valence-corrected chi connectivity index (χ2v) is 6.00. The third-order valence-electron chi connectivity index (χ3n) is 2.19. The van der Waals surface area contributed by atoms with Crippen LogP contribution in [-0.2, 0) is 13.0 Å². The lowest BCUT2D eigenvalue weighted by atomic mass is 10.1. The Morgan fingerprint density at radius 3 is 2.88 bits per heavy atom. The van der Waals surface area contributed by atoms with E-state index in [1.165, 1.54) is 4.88 Å². The van der Waals surface area contributed by atoms with Crippen LogP contribution >= 0.6 is 11.3 Å². The molecule has 17 heavy (non-hydrogen) atoms. The van der Waals surface area contributed by atoms with E-state index in [1.54, 1.807) is 11.3 Å². The van der Waals surface area contributed by atoms with E-state index in [0.29, 0.717) is 12.4 Å². The lowest BCUT2D eigenvalue weighted by molar-refractivity contribution is 0.334. The molecule has 0 aliphatic heterocycles. The molecule has 0 amide bonds. The molecule has 0 bridgehead atoms. The average molecular weight is 251 g/mol. The molecule has 0 unspecified atom stereocenters. The molecule has 0 aliphatic carbocycles. The monoisotopic (exact) mass is 251 g/mol. The van der Waals surface area contributed by atoms with Gasteiger partial charge in [-0.15, -0.1) is 11.3 Å². The Bertz CT molecular complexity index is 456. The molecule has 1 N–H and O–H groups in total. The molecule has 4 nitrogen and oxygen atoms in total. The predicted octanol–water partition coefficient (Wildman–Crippen LogP) is 2.61. The summed E-state index contributed by atoms with van der Waals surface area (Å²) < 4.78 is 5.19. The first-order valence-electron chi connectivity index (χ1n) is 5.62. The molecule has 92 valence electrons.